The number of aromatic carboxylic acids is 1. The lowest BCUT2D eigenvalue weighted by Crippen LogP contribution is -2.05. The molecule has 76 valence electrons. The second-order valence-corrected chi connectivity index (χ2v) is 2.99. The summed E-state index contributed by atoms with van der Waals surface area (Å²) in [6.07, 6.45) is 2.09. The van der Waals surface area contributed by atoms with Crippen LogP contribution in [-0.4, -0.2) is 32.8 Å². The molecule has 2 N–H and O–H groups in total. The summed E-state index contributed by atoms with van der Waals surface area (Å²) >= 11 is 5.75. The van der Waals surface area contributed by atoms with Crippen LogP contribution in [-0.2, 0) is 6.42 Å². The van der Waals surface area contributed by atoms with Gasteiger partial charge in [-0.1, -0.05) is 11.6 Å². The summed E-state index contributed by atoms with van der Waals surface area (Å²) in [6, 6.07) is 0. The summed E-state index contributed by atoms with van der Waals surface area (Å²) in [7, 11) is 0. The van der Waals surface area contributed by atoms with Crippen LogP contribution in [0.15, 0.2) is 6.33 Å². The van der Waals surface area contributed by atoms with E-state index in [2.05, 4.69) is 9.97 Å². The summed E-state index contributed by atoms with van der Waals surface area (Å²) in [5.74, 6) is -1.18. The van der Waals surface area contributed by atoms with E-state index in [1.165, 1.54) is 0 Å². The molecule has 1 rings (SSSR count). The first-order chi connectivity index (χ1) is 6.66. The first kappa shape index (κ1) is 10.9. The Hall–Kier alpha value is -1.20. The lowest BCUT2D eigenvalue weighted by Gasteiger charge is -2.03. The summed E-state index contributed by atoms with van der Waals surface area (Å²) < 4.78 is 0. The number of aromatic nitrogens is 2. The van der Waals surface area contributed by atoms with Crippen molar-refractivity contribution in [3.05, 3.63) is 22.7 Å². The Bertz CT molecular complexity index is 343. The molecule has 0 aromatic carbocycles. The van der Waals surface area contributed by atoms with E-state index in [1.807, 2.05) is 0 Å². The highest BCUT2D eigenvalue weighted by Crippen LogP contribution is 2.18. The summed E-state index contributed by atoms with van der Waals surface area (Å²) in [6.45, 7) is 0.0166. The van der Waals surface area contributed by atoms with Gasteiger partial charge in [-0.05, 0) is 12.8 Å². The Labute approximate surface area is 85.4 Å². The minimum atomic E-state index is -1.18. The molecule has 0 atom stereocenters. The van der Waals surface area contributed by atoms with E-state index in [4.69, 9.17) is 21.8 Å². The minimum absolute atomic E-state index is 0.0166. The molecule has 0 unspecified atom stereocenters. The van der Waals surface area contributed by atoms with E-state index in [9.17, 15) is 4.79 Å². The zero-order chi connectivity index (χ0) is 10.6. The normalized spacial score (nSPS) is 10.1. The van der Waals surface area contributed by atoms with Gasteiger partial charge in [-0.25, -0.2) is 14.8 Å². The van der Waals surface area contributed by atoms with Crippen molar-refractivity contribution in [3.8, 4) is 0 Å². The van der Waals surface area contributed by atoms with Crippen LogP contribution in [0.3, 0.4) is 0 Å². The average Bonchev–Trinajstić information content (AvgIpc) is 2.16. The van der Waals surface area contributed by atoms with Crippen LogP contribution in [0.5, 0.6) is 0 Å². The average molecular weight is 217 g/mol. The Kier molecular flexibility index (Phi) is 3.79. The van der Waals surface area contributed by atoms with Crippen LogP contribution in [0.4, 0.5) is 0 Å². The summed E-state index contributed by atoms with van der Waals surface area (Å²) in [4.78, 5) is 18.0. The molecule has 0 radical (unpaired) electrons. The maximum Gasteiger partial charge on any atom is 0.356 e. The maximum atomic E-state index is 10.6. The number of aliphatic hydroxyl groups excluding tert-OH is 1. The van der Waals surface area contributed by atoms with Gasteiger partial charge >= 0.3 is 5.97 Å². The number of aryl methyl sites for hydroxylation is 1. The zero-order valence-corrected chi connectivity index (χ0v) is 8.03. The van der Waals surface area contributed by atoms with Crippen LogP contribution in [0.2, 0.25) is 5.02 Å². The molecule has 0 fully saturated rings. The Morgan fingerprint density at radius 2 is 2.21 bits per heavy atom. The number of carboxylic acid groups (broad SMARTS) is 1. The van der Waals surface area contributed by atoms with Crippen molar-refractivity contribution in [1.82, 2.24) is 9.97 Å². The number of carboxylic acids is 1. The van der Waals surface area contributed by atoms with Crippen molar-refractivity contribution in [2.45, 2.75) is 12.8 Å². The molecule has 0 aliphatic heterocycles. The Morgan fingerprint density at radius 1 is 1.50 bits per heavy atom. The van der Waals surface area contributed by atoms with Crippen LogP contribution in [0.1, 0.15) is 22.6 Å². The number of hydrogen-bond acceptors (Lipinski definition) is 4. The highest BCUT2D eigenvalue weighted by molar-refractivity contribution is 6.33. The van der Waals surface area contributed by atoms with Crippen molar-refractivity contribution < 1.29 is 15.0 Å². The number of aliphatic hydroxyl groups is 1. The first-order valence-corrected chi connectivity index (χ1v) is 4.38. The van der Waals surface area contributed by atoms with Crippen LogP contribution >= 0.6 is 11.6 Å². The Balaban J connectivity index is 2.95. The fraction of sp³-hybridized carbons (Fsp3) is 0.375. The molecule has 0 bridgehead atoms. The number of rotatable bonds is 4. The number of hydrogen-bond donors (Lipinski definition) is 2. The summed E-state index contributed by atoms with van der Waals surface area (Å²) in [5.41, 5.74) is 0.253. The predicted octanol–water partition coefficient (Wildman–Crippen LogP) is 0.753. The minimum Gasteiger partial charge on any atom is -0.476 e. The quantitative estimate of drug-likeness (QED) is 0.776. The van der Waals surface area contributed by atoms with Gasteiger partial charge in [0.15, 0.2) is 5.69 Å². The molecule has 1 heterocycles. The maximum absolute atomic E-state index is 10.6. The van der Waals surface area contributed by atoms with Crippen molar-refractivity contribution in [2.24, 2.45) is 0 Å². The van der Waals surface area contributed by atoms with E-state index in [-0.39, 0.29) is 17.3 Å². The van der Waals surface area contributed by atoms with E-state index in [0.717, 1.165) is 6.33 Å². The molecule has 1 aromatic heterocycles. The third kappa shape index (κ3) is 2.40. The lowest BCUT2D eigenvalue weighted by molar-refractivity contribution is 0.0690. The third-order valence-corrected chi connectivity index (χ3v) is 2.03. The van der Waals surface area contributed by atoms with Crippen molar-refractivity contribution >= 4 is 17.6 Å². The molecule has 0 amide bonds. The molecule has 5 nitrogen and oxygen atoms in total. The molecule has 0 saturated carbocycles. The van der Waals surface area contributed by atoms with Gasteiger partial charge < -0.3 is 10.2 Å². The van der Waals surface area contributed by atoms with Gasteiger partial charge in [0.25, 0.3) is 0 Å². The molecule has 0 aliphatic carbocycles. The standard InChI is InChI=1S/C8H9ClN2O3/c9-6-5(2-1-3-12)10-4-11-7(6)8(13)14/h4,12H,1-3H2,(H,13,14). The summed E-state index contributed by atoms with van der Waals surface area (Å²) in [5, 5.41) is 17.3. The van der Waals surface area contributed by atoms with Crippen LogP contribution in [0, 0.1) is 0 Å². The smallest absolute Gasteiger partial charge is 0.356 e. The number of halogens is 1. The van der Waals surface area contributed by atoms with Gasteiger partial charge in [-0.2, -0.15) is 0 Å². The topological polar surface area (TPSA) is 83.3 Å². The molecular weight excluding hydrogens is 208 g/mol. The second kappa shape index (κ2) is 4.88. The third-order valence-electron chi connectivity index (χ3n) is 1.64. The van der Waals surface area contributed by atoms with Gasteiger partial charge in [0.05, 0.1) is 10.7 Å². The molecule has 1 aromatic rings. The predicted molar refractivity (Wildman–Crippen MR) is 49.4 cm³/mol. The van der Waals surface area contributed by atoms with E-state index in [0.29, 0.717) is 18.5 Å². The molecule has 6 heteroatoms. The van der Waals surface area contributed by atoms with E-state index < -0.39 is 5.97 Å². The van der Waals surface area contributed by atoms with Gasteiger partial charge in [0.1, 0.15) is 6.33 Å². The molecule has 0 aliphatic rings. The molecule has 0 spiro atoms. The van der Waals surface area contributed by atoms with E-state index >= 15 is 0 Å². The molecule has 0 saturated heterocycles. The van der Waals surface area contributed by atoms with Crippen molar-refractivity contribution in [1.29, 1.82) is 0 Å². The largest absolute Gasteiger partial charge is 0.476 e. The monoisotopic (exact) mass is 216 g/mol. The SMILES string of the molecule is O=C(O)c1ncnc(CCCO)c1Cl. The van der Waals surface area contributed by atoms with Crippen LogP contribution in [0.25, 0.3) is 0 Å². The molecule has 14 heavy (non-hydrogen) atoms. The first-order valence-electron chi connectivity index (χ1n) is 4.00. The fourth-order valence-corrected chi connectivity index (χ4v) is 1.25. The van der Waals surface area contributed by atoms with Gasteiger partial charge in [0.2, 0.25) is 0 Å². The Morgan fingerprint density at radius 3 is 2.79 bits per heavy atom. The number of carbonyl (C=O) groups is 1. The van der Waals surface area contributed by atoms with Gasteiger partial charge in [-0.3, -0.25) is 0 Å². The zero-order valence-electron chi connectivity index (χ0n) is 7.27. The second-order valence-electron chi connectivity index (χ2n) is 2.62. The molecular formula is C8H9ClN2O3. The number of nitrogens with zero attached hydrogens (tertiary/aromatic N) is 2. The lowest BCUT2D eigenvalue weighted by atomic mass is 10.2. The van der Waals surface area contributed by atoms with Crippen molar-refractivity contribution in [3.63, 3.8) is 0 Å². The van der Waals surface area contributed by atoms with Gasteiger partial charge in [0, 0.05) is 6.61 Å². The highest BCUT2D eigenvalue weighted by Gasteiger charge is 2.14. The van der Waals surface area contributed by atoms with Crippen LogP contribution < -0.4 is 0 Å². The highest BCUT2D eigenvalue weighted by atomic mass is 35.5. The van der Waals surface area contributed by atoms with E-state index in [1.54, 1.807) is 0 Å². The fourth-order valence-electron chi connectivity index (χ4n) is 0.976. The van der Waals surface area contributed by atoms with Gasteiger partial charge in [-0.15, -0.1) is 0 Å². The van der Waals surface area contributed by atoms with Crippen molar-refractivity contribution in [2.75, 3.05) is 6.61 Å².